The van der Waals surface area contributed by atoms with Gasteiger partial charge in [-0.3, -0.25) is 4.79 Å². The molecule has 29 heavy (non-hydrogen) atoms. The van der Waals surface area contributed by atoms with E-state index in [4.69, 9.17) is 4.74 Å². The van der Waals surface area contributed by atoms with Crippen LogP contribution < -0.4 is 4.90 Å². The Balaban J connectivity index is 1.56. The van der Waals surface area contributed by atoms with Gasteiger partial charge in [-0.2, -0.15) is 4.31 Å². The molecule has 1 saturated heterocycles. The minimum Gasteiger partial charge on any atom is -0.450 e. The highest BCUT2D eigenvalue weighted by Gasteiger charge is 2.38. The SMILES string of the molecule is CCOC(=O)N1CCN(S(=O)(=O)c2cc3c(cc2Br)CCN3C(=O)C2CC2)CC1. The van der Waals surface area contributed by atoms with E-state index in [2.05, 4.69) is 15.9 Å². The van der Waals surface area contributed by atoms with Crippen molar-refractivity contribution in [1.82, 2.24) is 9.21 Å². The highest BCUT2D eigenvalue weighted by Crippen LogP contribution is 2.40. The maximum atomic E-state index is 13.3. The van der Waals surface area contributed by atoms with Gasteiger partial charge in [-0.15, -0.1) is 0 Å². The Hall–Kier alpha value is -1.65. The number of hydrogen-bond donors (Lipinski definition) is 0. The largest absolute Gasteiger partial charge is 0.450 e. The first kappa shape index (κ1) is 20.6. The van der Waals surface area contributed by atoms with Crippen molar-refractivity contribution in [2.24, 2.45) is 5.92 Å². The molecule has 1 aliphatic carbocycles. The lowest BCUT2D eigenvalue weighted by Gasteiger charge is -2.33. The molecular weight excluding hydrogens is 462 g/mol. The number of carbonyl (C=O) groups excluding carboxylic acids is 2. The molecule has 0 radical (unpaired) electrons. The van der Waals surface area contributed by atoms with E-state index in [0.717, 1.165) is 24.8 Å². The number of halogens is 1. The molecule has 0 atom stereocenters. The van der Waals surface area contributed by atoms with Crippen LogP contribution in [-0.4, -0.2) is 69.0 Å². The number of ether oxygens (including phenoxy) is 1. The van der Waals surface area contributed by atoms with Gasteiger partial charge in [-0.1, -0.05) is 0 Å². The maximum Gasteiger partial charge on any atom is 0.409 e. The van der Waals surface area contributed by atoms with Crippen LogP contribution in [0.3, 0.4) is 0 Å². The van der Waals surface area contributed by atoms with Crippen LogP contribution in [0.4, 0.5) is 10.5 Å². The molecule has 0 spiro atoms. The molecule has 2 fully saturated rings. The van der Waals surface area contributed by atoms with Gasteiger partial charge in [-0.05, 0) is 59.8 Å². The number of amides is 2. The molecule has 8 nitrogen and oxygen atoms in total. The lowest BCUT2D eigenvalue weighted by molar-refractivity contribution is -0.119. The minimum atomic E-state index is -3.76. The van der Waals surface area contributed by atoms with Gasteiger partial charge in [0.05, 0.1) is 11.5 Å². The lowest BCUT2D eigenvalue weighted by Crippen LogP contribution is -2.50. The lowest BCUT2D eigenvalue weighted by atomic mass is 10.2. The first-order chi connectivity index (χ1) is 13.8. The Bertz CT molecular complexity index is 939. The molecule has 1 aromatic rings. The average Bonchev–Trinajstić information content (AvgIpc) is 3.47. The first-order valence-corrected chi connectivity index (χ1v) is 12.1. The second kappa shape index (κ2) is 7.88. The van der Waals surface area contributed by atoms with Crippen molar-refractivity contribution >= 4 is 43.6 Å². The summed E-state index contributed by atoms with van der Waals surface area (Å²) >= 11 is 3.41. The van der Waals surface area contributed by atoms with Crippen LogP contribution in [0, 0.1) is 5.92 Å². The summed E-state index contributed by atoms with van der Waals surface area (Å²) in [5, 5.41) is 0. The number of rotatable bonds is 4. The van der Waals surface area contributed by atoms with Gasteiger partial charge in [0, 0.05) is 48.8 Å². The van der Waals surface area contributed by atoms with Gasteiger partial charge < -0.3 is 14.5 Å². The standard InChI is InChI=1S/C19H24BrN3O5S/c1-2-28-19(25)21-7-9-22(10-8-21)29(26,27)17-12-16-14(11-15(17)20)5-6-23(16)18(24)13-3-4-13/h11-13H,2-10H2,1H3. The average molecular weight is 486 g/mol. The number of piperazine rings is 1. The van der Waals surface area contributed by atoms with E-state index in [1.165, 1.54) is 9.21 Å². The molecule has 158 valence electrons. The second-order valence-electron chi connectivity index (χ2n) is 7.52. The molecule has 3 aliphatic rings. The number of hydrogen-bond acceptors (Lipinski definition) is 5. The molecule has 0 N–H and O–H groups in total. The van der Waals surface area contributed by atoms with Crippen molar-refractivity contribution in [3.8, 4) is 0 Å². The van der Waals surface area contributed by atoms with Crippen LogP contribution in [0.1, 0.15) is 25.3 Å². The molecule has 10 heteroatoms. The number of carbonyl (C=O) groups is 2. The zero-order valence-electron chi connectivity index (χ0n) is 16.3. The van der Waals surface area contributed by atoms with Crippen molar-refractivity contribution in [3.05, 3.63) is 22.2 Å². The third kappa shape index (κ3) is 3.89. The van der Waals surface area contributed by atoms with Crippen LogP contribution >= 0.6 is 15.9 Å². The van der Waals surface area contributed by atoms with Gasteiger partial charge in [-0.25, -0.2) is 13.2 Å². The first-order valence-electron chi connectivity index (χ1n) is 9.88. The van der Waals surface area contributed by atoms with Gasteiger partial charge >= 0.3 is 6.09 Å². The summed E-state index contributed by atoms with van der Waals surface area (Å²) in [4.78, 5) is 27.8. The van der Waals surface area contributed by atoms with Crippen LogP contribution in [-0.2, 0) is 26.0 Å². The fourth-order valence-electron chi connectivity index (χ4n) is 3.83. The van der Waals surface area contributed by atoms with E-state index in [1.54, 1.807) is 17.9 Å². The van der Waals surface area contributed by atoms with Gasteiger partial charge in [0.2, 0.25) is 15.9 Å². The predicted molar refractivity (Wildman–Crippen MR) is 110 cm³/mol. The zero-order chi connectivity index (χ0) is 20.8. The fourth-order valence-corrected chi connectivity index (χ4v) is 6.32. The van der Waals surface area contributed by atoms with Crippen LogP contribution in [0.2, 0.25) is 0 Å². The molecule has 0 bridgehead atoms. The van der Waals surface area contributed by atoms with Crippen molar-refractivity contribution < 1.29 is 22.7 Å². The van der Waals surface area contributed by atoms with E-state index in [9.17, 15) is 18.0 Å². The normalized spacial score (nSPS) is 19.9. The number of anilines is 1. The molecule has 2 heterocycles. The Kier molecular flexibility index (Phi) is 5.60. The third-order valence-electron chi connectivity index (χ3n) is 5.60. The molecule has 2 amide bonds. The Morgan fingerprint density at radius 1 is 1.14 bits per heavy atom. The summed E-state index contributed by atoms with van der Waals surface area (Å²) in [7, 11) is -3.76. The topological polar surface area (TPSA) is 87.2 Å². The zero-order valence-corrected chi connectivity index (χ0v) is 18.7. The van der Waals surface area contributed by atoms with Crippen molar-refractivity contribution in [1.29, 1.82) is 0 Å². The Labute approximate surface area is 179 Å². The Morgan fingerprint density at radius 3 is 2.45 bits per heavy atom. The predicted octanol–water partition coefficient (Wildman–Crippen LogP) is 2.21. The maximum absolute atomic E-state index is 13.3. The van der Waals surface area contributed by atoms with Gasteiger partial charge in [0.1, 0.15) is 0 Å². The van der Waals surface area contributed by atoms with Crippen molar-refractivity contribution in [2.75, 3.05) is 44.2 Å². The van der Waals surface area contributed by atoms with E-state index in [0.29, 0.717) is 16.7 Å². The van der Waals surface area contributed by atoms with Crippen LogP contribution in [0.15, 0.2) is 21.5 Å². The number of benzene rings is 1. The highest BCUT2D eigenvalue weighted by molar-refractivity contribution is 9.10. The molecule has 1 aromatic carbocycles. The van der Waals surface area contributed by atoms with Crippen LogP contribution in [0.5, 0.6) is 0 Å². The smallest absolute Gasteiger partial charge is 0.409 e. The van der Waals surface area contributed by atoms with Gasteiger partial charge in [0.15, 0.2) is 0 Å². The van der Waals surface area contributed by atoms with E-state index >= 15 is 0 Å². The monoisotopic (exact) mass is 485 g/mol. The van der Waals surface area contributed by atoms with E-state index < -0.39 is 16.1 Å². The summed E-state index contributed by atoms with van der Waals surface area (Å²) in [5.41, 5.74) is 1.69. The third-order valence-corrected chi connectivity index (χ3v) is 8.46. The number of nitrogens with zero attached hydrogens (tertiary/aromatic N) is 3. The van der Waals surface area contributed by atoms with Gasteiger partial charge in [0.25, 0.3) is 0 Å². The van der Waals surface area contributed by atoms with Crippen molar-refractivity contribution in [2.45, 2.75) is 31.1 Å². The van der Waals surface area contributed by atoms with E-state index in [1.807, 2.05) is 6.07 Å². The van der Waals surface area contributed by atoms with E-state index in [-0.39, 0.29) is 49.5 Å². The molecule has 1 saturated carbocycles. The molecule has 0 aromatic heterocycles. The molecule has 4 rings (SSSR count). The highest BCUT2D eigenvalue weighted by atomic mass is 79.9. The fraction of sp³-hybridized carbons (Fsp3) is 0.579. The Morgan fingerprint density at radius 2 is 1.83 bits per heavy atom. The number of sulfonamides is 1. The summed E-state index contributed by atoms with van der Waals surface area (Å²) in [5.74, 6) is 0.179. The summed E-state index contributed by atoms with van der Waals surface area (Å²) < 4.78 is 33.5. The summed E-state index contributed by atoms with van der Waals surface area (Å²) in [6.07, 6.45) is 2.14. The molecule has 0 unspecified atom stereocenters. The second-order valence-corrected chi connectivity index (χ2v) is 10.3. The molecular formula is C19H24BrN3O5S. The summed E-state index contributed by atoms with van der Waals surface area (Å²) in [6, 6.07) is 3.44. The number of fused-ring (bicyclic) bond motifs is 1. The van der Waals surface area contributed by atoms with Crippen LogP contribution in [0.25, 0.3) is 0 Å². The van der Waals surface area contributed by atoms with Crippen molar-refractivity contribution in [3.63, 3.8) is 0 Å². The molecule has 2 aliphatic heterocycles. The summed E-state index contributed by atoms with van der Waals surface area (Å²) in [6.45, 7) is 3.60. The quantitative estimate of drug-likeness (QED) is 0.652. The minimum absolute atomic E-state index is 0.0839.